The third-order valence-corrected chi connectivity index (χ3v) is 5.06. The Morgan fingerprint density at radius 1 is 1.28 bits per heavy atom. The van der Waals surface area contributed by atoms with Gasteiger partial charge in [0.25, 0.3) is 0 Å². The summed E-state index contributed by atoms with van der Waals surface area (Å²) in [7, 11) is 1.66. The average molecular weight is 339 g/mol. The molecule has 2 aliphatic rings. The van der Waals surface area contributed by atoms with Crippen molar-refractivity contribution in [2.24, 2.45) is 15.9 Å². The van der Waals surface area contributed by atoms with E-state index < -0.39 is 5.54 Å². The summed E-state index contributed by atoms with van der Waals surface area (Å²) < 4.78 is 5.70. The largest absolute Gasteiger partial charge is 0.423 e. The summed E-state index contributed by atoms with van der Waals surface area (Å²) in [5, 5.41) is 5.84. The molecule has 0 radical (unpaired) electrons. The maximum Gasteiger partial charge on any atom is 0.302 e. The molecule has 1 spiro atoms. The number of benzene rings is 1. The number of carbonyl (C=O) groups excluding carboxylic acids is 1. The lowest BCUT2D eigenvalue weighted by Gasteiger charge is -2.35. The molecular formula is C18H21N5O2. The number of aromatic nitrogens is 1. The monoisotopic (exact) mass is 339 g/mol. The lowest BCUT2D eigenvalue weighted by molar-refractivity contribution is -0.124. The van der Waals surface area contributed by atoms with Gasteiger partial charge in [-0.05, 0) is 31.9 Å². The van der Waals surface area contributed by atoms with Crippen LogP contribution < -0.4 is 10.6 Å². The third kappa shape index (κ3) is 2.69. The molecule has 1 fully saturated rings. The van der Waals surface area contributed by atoms with E-state index in [1.165, 1.54) is 0 Å². The van der Waals surface area contributed by atoms with E-state index in [0.717, 1.165) is 36.9 Å². The van der Waals surface area contributed by atoms with Crippen LogP contribution in [0, 0.1) is 5.92 Å². The second-order valence-electron chi connectivity index (χ2n) is 6.66. The Labute approximate surface area is 145 Å². The lowest BCUT2D eigenvalue weighted by Crippen LogP contribution is -2.50. The van der Waals surface area contributed by atoms with Crippen molar-refractivity contribution in [1.82, 2.24) is 10.3 Å². The number of nitrogens with one attached hydrogen (secondary N) is 2. The van der Waals surface area contributed by atoms with Crippen molar-refractivity contribution in [1.29, 1.82) is 0 Å². The van der Waals surface area contributed by atoms with Gasteiger partial charge in [0.15, 0.2) is 5.58 Å². The Hall–Kier alpha value is -2.70. The van der Waals surface area contributed by atoms with Gasteiger partial charge in [-0.1, -0.05) is 25.0 Å². The molecule has 1 amide bonds. The van der Waals surface area contributed by atoms with Crippen molar-refractivity contribution in [3.63, 3.8) is 0 Å². The van der Waals surface area contributed by atoms with E-state index in [-0.39, 0.29) is 11.8 Å². The van der Waals surface area contributed by atoms with Gasteiger partial charge in [-0.3, -0.25) is 10.1 Å². The molecule has 1 aliphatic carbocycles. The maximum atomic E-state index is 12.4. The van der Waals surface area contributed by atoms with Crippen LogP contribution in [0.3, 0.4) is 0 Å². The fourth-order valence-corrected chi connectivity index (χ4v) is 3.96. The molecule has 25 heavy (non-hydrogen) atoms. The summed E-state index contributed by atoms with van der Waals surface area (Å²) in [6.07, 6.45) is 3.91. The smallest absolute Gasteiger partial charge is 0.302 e. The number of rotatable bonds is 2. The molecule has 7 heteroatoms. The topological polar surface area (TPSA) is 91.9 Å². The summed E-state index contributed by atoms with van der Waals surface area (Å²) in [5.74, 6) is 0.133. The number of guanidine groups is 1. The van der Waals surface area contributed by atoms with Gasteiger partial charge >= 0.3 is 6.01 Å². The minimum atomic E-state index is -0.416. The van der Waals surface area contributed by atoms with Crippen LogP contribution in [-0.4, -0.2) is 35.1 Å². The third-order valence-electron chi connectivity index (χ3n) is 5.06. The van der Waals surface area contributed by atoms with E-state index in [0.29, 0.717) is 17.6 Å². The van der Waals surface area contributed by atoms with Crippen LogP contribution in [0.5, 0.6) is 0 Å². The normalized spacial score (nSPS) is 21.9. The van der Waals surface area contributed by atoms with Crippen LogP contribution in [0.1, 0.15) is 32.6 Å². The van der Waals surface area contributed by atoms with Crippen LogP contribution in [0.25, 0.3) is 11.1 Å². The molecule has 0 bridgehead atoms. The number of oxazole rings is 1. The van der Waals surface area contributed by atoms with Crippen molar-refractivity contribution >= 4 is 34.7 Å². The first kappa shape index (κ1) is 15.8. The average Bonchev–Trinajstić information content (AvgIpc) is 3.20. The minimum absolute atomic E-state index is 0.0205. The molecule has 2 aromatic rings. The van der Waals surface area contributed by atoms with E-state index in [9.17, 15) is 4.79 Å². The van der Waals surface area contributed by atoms with E-state index in [1.807, 2.05) is 31.2 Å². The Morgan fingerprint density at radius 3 is 2.76 bits per heavy atom. The molecule has 1 atom stereocenters. The number of hydrogen-bond acceptors (Lipinski definition) is 6. The Kier molecular flexibility index (Phi) is 3.78. The van der Waals surface area contributed by atoms with E-state index in [2.05, 4.69) is 20.6 Å². The Balaban J connectivity index is 1.67. The molecule has 7 nitrogen and oxygen atoms in total. The fraction of sp³-hybridized carbons (Fsp3) is 0.444. The second kappa shape index (κ2) is 5.98. The Bertz CT molecular complexity index is 843. The SMILES string of the molecule is CNC(=O)C1C(C)=NC(Nc2nc3ccccc3o2)=NC12CCCC2. The fourth-order valence-electron chi connectivity index (χ4n) is 3.96. The van der Waals surface area contributed by atoms with Gasteiger partial charge < -0.3 is 9.73 Å². The summed E-state index contributed by atoms with van der Waals surface area (Å²) in [4.78, 5) is 26.2. The highest BCUT2D eigenvalue weighted by molar-refractivity contribution is 6.12. The number of carbonyl (C=O) groups is 1. The van der Waals surface area contributed by atoms with Crippen molar-refractivity contribution in [3.8, 4) is 0 Å². The first-order valence-corrected chi connectivity index (χ1v) is 8.60. The van der Waals surface area contributed by atoms with Gasteiger partial charge in [0.05, 0.1) is 5.54 Å². The Morgan fingerprint density at radius 2 is 2.04 bits per heavy atom. The van der Waals surface area contributed by atoms with Gasteiger partial charge in [-0.15, -0.1) is 0 Å². The van der Waals surface area contributed by atoms with Crippen LogP contribution >= 0.6 is 0 Å². The van der Waals surface area contributed by atoms with Gasteiger partial charge in [-0.25, -0.2) is 9.98 Å². The minimum Gasteiger partial charge on any atom is -0.423 e. The quantitative estimate of drug-likeness (QED) is 0.880. The number of amides is 1. The summed E-state index contributed by atoms with van der Waals surface area (Å²) in [6.45, 7) is 1.89. The van der Waals surface area contributed by atoms with E-state index in [1.54, 1.807) is 7.05 Å². The van der Waals surface area contributed by atoms with E-state index in [4.69, 9.17) is 9.41 Å². The number of nitrogens with zero attached hydrogens (tertiary/aromatic N) is 3. The molecule has 1 aromatic carbocycles. The van der Waals surface area contributed by atoms with Gasteiger partial charge in [0.1, 0.15) is 11.4 Å². The van der Waals surface area contributed by atoms with Gasteiger partial charge in [0.2, 0.25) is 11.9 Å². The number of aliphatic imine (C=N–C) groups is 2. The molecule has 1 saturated carbocycles. The summed E-state index contributed by atoms with van der Waals surface area (Å²) >= 11 is 0. The van der Waals surface area contributed by atoms with Gasteiger partial charge in [0, 0.05) is 12.8 Å². The molecule has 1 unspecified atom stereocenters. The molecule has 1 aliphatic heterocycles. The molecular weight excluding hydrogens is 318 g/mol. The molecule has 2 heterocycles. The number of fused-ring (bicyclic) bond motifs is 1. The molecule has 1 aromatic heterocycles. The van der Waals surface area contributed by atoms with Crippen molar-refractivity contribution in [3.05, 3.63) is 24.3 Å². The summed E-state index contributed by atoms with van der Waals surface area (Å²) in [5.41, 5.74) is 1.84. The highest BCUT2D eigenvalue weighted by atomic mass is 16.4. The highest BCUT2D eigenvalue weighted by Crippen LogP contribution is 2.42. The lowest BCUT2D eigenvalue weighted by atomic mass is 9.78. The molecule has 0 saturated heterocycles. The number of hydrogen-bond donors (Lipinski definition) is 2. The maximum absolute atomic E-state index is 12.4. The zero-order valence-electron chi connectivity index (χ0n) is 14.4. The molecule has 130 valence electrons. The zero-order valence-corrected chi connectivity index (χ0v) is 14.4. The number of para-hydroxylation sites is 2. The first-order chi connectivity index (χ1) is 12.1. The predicted octanol–water partition coefficient (Wildman–Crippen LogP) is 2.75. The van der Waals surface area contributed by atoms with Crippen LogP contribution in [0.15, 0.2) is 38.7 Å². The van der Waals surface area contributed by atoms with Gasteiger partial charge in [-0.2, -0.15) is 4.98 Å². The van der Waals surface area contributed by atoms with Crippen LogP contribution in [-0.2, 0) is 4.79 Å². The van der Waals surface area contributed by atoms with Crippen molar-refractivity contribution in [2.75, 3.05) is 12.4 Å². The van der Waals surface area contributed by atoms with E-state index >= 15 is 0 Å². The molecule has 4 rings (SSSR count). The predicted molar refractivity (Wildman–Crippen MR) is 96.9 cm³/mol. The summed E-state index contributed by atoms with van der Waals surface area (Å²) in [6, 6.07) is 7.94. The zero-order chi connectivity index (χ0) is 17.4. The van der Waals surface area contributed by atoms with Crippen molar-refractivity contribution in [2.45, 2.75) is 38.1 Å². The highest BCUT2D eigenvalue weighted by Gasteiger charge is 2.48. The van der Waals surface area contributed by atoms with Crippen LogP contribution in [0.4, 0.5) is 6.01 Å². The second-order valence-corrected chi connectivity index (χ2v) is 6.66. The molecule has 2 N–H and O–H groups in total. The number of anilines is 1. The van der Waals surface area contributed by atoms with Crippen molar-refractivity contribution < 1.29 is 9.21 Å². The standard InChI is InChI=1S/C18H21N5O2/c1-11-14(15(24)19-2)18(9-5-6-10-18)23-16(20-11)22-17-21-12-7-3-4-8-13(12)25-17/h3-4,7-8,14H,5-6,9-10H2,1-2H3,(H,19,24)(H,21,22,23). The van der Waals surface area contributed by atoms with Crippen LogP contribution in [0.2, 0.25) is 0 Å². The first-order valence-electron chi connectivity index (χ1n) is 8.60.